The molecule has 0 amide bonds. The molecular weight excluding hydrogens is 344 g/mol. The molecule has 0 unspecified atom stereocenters. The standard InChI is InChI=1S/C16H12N4O4S/c21-9-11-6-7-14(13(8-11)20(22)23)25-16-17-15(18-19-16)10-24-12-4-2-1-3-5-12/h1-9H,10H2,(H,17,18,19). The third-order valence-corrected chi connectivity index (χ3v) is 4.08. The van der Waals surface area contributed by atoms with E-state index in [0.717, 1.165) is 11.8 Å². The minimum absolute atomic E-state index is 0.165. The van der Waals surface area contributed by atoms with Gasteiger partial charge in [0.15, 0.2) is 5.82 Å². The Balaban J connectivity index is 1.71. The second-order valence-corrected chi connectivity index (χ2v) is 5.88. The number of carbonyl (C=O) groups is 1. The van der Waals surface area contributed by atoms with E-state index in [0.29, 0.717) is 27.9 Å². The van der Waals surface area contributed by atoms with Crippen LogP contribution >= 0.6 is 11.8 Å². The highest BCUT2D eigenvalue weighted by Crippen LogP contribution is 2.33. The molecule has 0 spiro atoms. The topological polar surface area (TPSA) is 111 Å². The molecule has 0 aliphatic rings. The highest BCUT2D eigenvalue weighted by atomic mass is 32.2. The molecule has 9 heteroatoms. The Morgan fingerprint density at radius 1 is 1.24 bits per heavy atom. The zero-order valence-corrected chi connectivity index (χ0v) is 13.6. The molecule has 3 rings (SSSR count). The molecule has 0 fully saturated rings. The van der Waals surface area contributed by atoms with Gasteiger partial charge < -0.3 is 4.74 Å². The van der Waals surface area contributed by atoms with E-state index in [1.54, 1.807) is 0 Å². The molecule has 0 saturated carbocycles. The Morgan fingerprint density at radius 3 is 2.76 bits per heavy atom. The Morgan fingerprint density at radius 2 is 2.04 bits per heavy atom. The average molecular weight is 356 g/mol. The highest BCUT2D eigenvalue weighted by Gasteiger charge is 2.17. The van der Waals surface area contributed by atoms with E-state index in [-0.39, 0.29) is 17.9 Å². The van der Waals surface area contributed by atoms with Gasteiger partial charge in [-0.3, -0.25) is 20.0 Å². The number of aromatic amines is 1. The molecule has 0 radical (unpaired) electrons. The third kappa shape index (κ3) is 4.21. The average Bonchev–Trinajstić information content (AvgIpc) is 3.08. The molecule has 0 aliphatic heterocycles. The van der Waals surface area contributed by atoms with Gasteiger partial charge in [-0.05, 0) is 30.0 Å². The van der Waals surface area contributed by atoms with E-state index in [9.17, 15) is 14.9 Å². The largest absolute Gasteiger partial charge is 0.486 e. The van der Waals surface area contributed by atoms with Crippen LogP contribution in [0.4, 0.5) is 5.69 Å². The van der Waals surface area contributed by atoms with Crippen LogP contribution in [-0.2, 0) is 6.61 Å². The monoisotopic (exact) mass is 356 g/mol. The van der Waals surface area contributed by atoms with Gasteiger partial charge in [0.05, 0.1) is 9.82 Å². The maximum Gasteiger partial charge on any atom is 0.284 e. The SMILES string of the molecule is O=Cc1ccc(Sc2n[nH]c(COc3ccccc3)n2)c([N+](=O)[O-])c1. The van der Waals surface area contributed by atoms with Crippen molar-refractivity contribution in [3.05, 3.63) is 70.0 Å². The summed E-state index contributed by atoms with van der Waals surface area (Å²) in [5.41, 5.74) is 0.0736. The zero-order valence-electron chi connectivity index (χ0n) is 12.8. The van der Waals surface area contributed by atoms with Crippen molar-refractivity contribution in [2.24, 2.45) is 0 Å². The van der Waals surface area contributed by atoms with Crippen LogP contribution in [-0.4, -0.2) is 26.4 Å². The molecule has 126 valence electrons. The van der Waals surface area contributed by atoms with Gasteiger partial charge in [-0.1, -0.05) is 24.3 Å². The summed E-state index contributed by atoms with van der Waals surface area (Å²) in [4.78, 5) is 26.0. The van der Waals surface area contributed by atoms with Crippen LogP contribution in [0.2, 0.25) is 0 Å². The van der Waals surface area contributed by atoms with Crippen molar-refractivity contribution in [1.82, 2.24) is 15.2 Å². The number of benzene rings is 2. The Bertz CT molecular complexity index is 898. The van der Waals surface area contributed by atoms with Gasteiger partial charge in [0.2, 0.25) is 5.16 Å². The molecule has 1 aromatic heterocycles. The lowest BCUT2D eigenvalue weighted by molar-refractivity contribution is -0.387. The number of nitrogens with zero attached hydrogens (tertiary/aromatic N) is 3. The van der Waals surface area contributed by atoms with E-state index in [4.69, 9.17) is 4.74 Å². The number of para-hydroxylation sites is 1. The van der Waals surface area contributed by atoms with Crippen molar-refractivity contribution in [1.29, 1.82) is 0 Å². The summed E-state index contributed by atoms with van der Waals surface area (Å²) in [7, 11) is 0. The smallest absolute Gasteiger partial charge is 0.284 e. The first-order valence-electron chi connectivity index (χ1n) is 7.16. The molecule has 8 nitrogen and oxygen atoms in total. The van der Waals surface area contributed by atoms with Crippen LogP contribution < -0.4 is 4.74 Å². The van der Waals surface area contributed by atoms with E-state index in [1.807, 2.05) is 30.3 Å². The zero-order chi connectivity index (χ0) is 17.6. The summed E-state index contributed by atoms with van der Waals surface area (Å²) in [5, 5.41) is 18.2. The van der Waals surface area contributed by atoms with Gasteiger partial charge in [0.25, 0.3) is 5.69 Å². The van der Waals surface area contributed by atoms with Gasteiger partial charge in [-0.2, -0.15) is 0 Å². The third-order valence-electron chi connectivity index (χ3n) is 3.15. The summed E-state index contributed by atoms with van der Waals surface area (Å²) in [6.45, 7) is 0.198. The molecule has 25 heavy (non-hydrogen) atoms. The van der Waals surface area contributed by atoms with Gasteiger partial charge >= 0.3 is 0 Å². The highest BCUT2D eigenvalue weighted by molar-refractivity contribution is 7.99. The number of nitro benzene ring substituents is 1. The lowest BCUT2D eigenvalue weighted by Crippen LogP contribution is -1.97. The lowest BCUT2D eigenvalue weighted by atomic mass is 10.2. The number of nitro groups is 1. The molecule has 0 saturated heterocycles. The number of H-pyrrole nitrogens is 1. The number of rotatable bonds is 7. The van der Waals surface area contributed by atoms with E-state index >= 15 is 0 Å². The van der Waals surface area contributed by atoms with Crippen LogP contribution in [0, 0.1) is 10.1 Å². The van der Waals surface area contributed by atoms with Crippen molar-refractivity contribution in [2.75, 3.05) is 0 Å². The van der Waals surface area contributed by atoms with Crippen molar-refractivity contribution in [3.63, 3.8) is 0 Å². The molecule has 0 atom stereocenters. The number of hydrogen-bond donors (Lipinski definition) is 1. The number of aromatic nitrogens is 3. The fourth-order valence-electron chi connectivity index (χ4n) is 1.99. The molecule has 0 bridgehead atoms. The van der Waals surface area contributed by atoms with Gasteiger partial charge in [-0.25, -0.2) is 4.98 Å². The number of ether oxygens (including phenoxy) is 1. The van der Waals surface area contributed by atoms with Crippen LogP contribution in [0.15, 0.2) is 58.6 Å². The van der Waals surface area contributed by atoms with E-state index in [2.05, 4.69) is 15.2 Å². The summed E-state index contributed by atoms with van der Waals surface area (Å²) in [5.74, 6) is 1.20. The minimum atomic E-state index is -0.540. The van der Waals surface area contributed by atoms with Crippen LogP contribution in [0.5, 0.6) is 5.75 Å². The summed E-state index contributed by atoms with van der Waals surface area (Å²) >= 11 is 1.04. The minimum Gasteiger partial charge on any atom is -0.486 e. The summed E-state index contributed by atoms with van der Waals surface area (Å²) in [6, 6.07) is 13.5. The summed E-state index contributed by atoms with van der Waals surface area (Å²) in [6.07, 6.45) is 0.563. The molecule has 1 N–H and O–H groups in total. The molecule has 2 aromatic carbocycles. The predicted octanol–water partition coefficient (Wildman–Crippen LogP) is 3.26. The molecule has 0 aliphatic carbocycles. The Kier molecular flexibility index (Phi) is 5.05. The first-order chi connectivity index (χ1) is 12.2. The quantitative estimate of drug-likeness (QED) is 0.393. The van der Waals surface area contributed by atoms with Crippen LogP contribution in [0.1, 0.15) is 16.2 Å². The lowest BCUT2D eigenvalue weighted by Gasteiger charge is -2.02. The van der Waals surface area contributed by atoms with Gasteiger partial charge in [-0.15, -0.1) is 5.10 Å². The van der Waals surface area contributed by atoms with Crippen molar-refractivity contribution in [2.45, 2.75) is 16.7 Å². The van der Waals surface area contributed by atoms with Crippen molar-refractivity contribution >= 4 is 23.7 Å². The van der Waals surface area contributed by atoms with Crippen LogP contribution in [0.3, 0.4) is 0 Å². The fraction of sp³-hybridized carbons (Fsp3) is 0.0625. The Labute approximate surface area is 146 Å². The molecule has 3 aromatic rings. The predicted molar refractivity (Wildman–Crippen MR) is 89.8 cm³/mol. The first-order valence-corrected chi connectivity index (χ1v) is 7.98. The maximum atomic E-state index is 11.2. The number of hydrogen-bond acceptors (Lipinski definition) is 7. The molecular formula is C16H12N4O4S. The second kappa shape index (κ2) is 7.58. The normalized spacial score (nSPS) is 10.4. The number of nitrogens with one attached hydrogen (secondary N) is 1. The van der Waals surface area contributed by atoms with Crippen molar-refractivity contribution < 1.29 is 14.5 Å². The molecule has 1 heterocycles. The first kappa shape index (κ1) is 16.7. The fourth-order valence-corrected chi connectivity index (χ4v) is 2.81. The Hall–Kier alpha value is -3.20. The van der Waals surface area contributed by atoms with Gasteiger partial charge in [0.1, 0.15) is 18.6 Å². The van der Waals surface area contributed by atoms with Crippen LogP contribution in [0.25, 0.3) is 0 Å². The summed E-state index contributed by atoms with van der Waals surface area (Å²) < 4.78 is 5.56. The number of carbonyl (C=O) groups excluding carboxylic acids is 1. The van der Waals surface area contributed by atoms with Gasteiger partial charge in [0, 0.05) is 11.6 Å². The van der Waals surface area contributed by atoms with Crippen molar-refractivity contribution in [3.8, 4) is 5.75 Å². The number of aldehydes is 1. The maximum absolute atomic E-state index is 11.2. The van der Waals surface area contributed by atoms with E-state index in [1.165, 1.54) is 18.2 Å². The second-order valence-electron chi connectivity index (χ2n) is 4.87. The van der Waals surface area contributed by atoms with E-state index < -0.39 is 4.92 Å².